The summed E-state index contributed by atoms with van der Waals surface area (Å²) in [6.45, 7) is 3.03. The highest BCUT2D eigenvalue weighted by molar-refractivity contribution is 7.92. The first-order valence-corrected chi connectivity index (χ1v) is 11.8. The van der Waals surface area contributed by atoms with E-state index >= 15 is 0 Å². The molecule has 1 fully saturated rings. The quantitative estimate of drug-likeness (QED) is 0.604. The smallest absolute Gasteiger partial charge is 0.316 e. The van der Waals surface area contributed by atoms with Gasteiger partial charge in [0.1, 0.15) is 5.75 Å². The van der Waals surface area contributed by atoms with E-state index in [-0.39, 0.29) is 22.5 Å². The first kappa shape index (κ1) is 21.8. The van der Waals surface area contributed by atoms with Crippen LogP contribution in [0.15, 0.2) is 51.9 Å². The third-order valence-corrected chi connectivity index (χ3v) is 6.83. The highest BCUT2D eigenvalue weighted by Crippen LogP contribution is 2.26. The predicted molar refractivity (Wildman–Crippen MR) is 118 cm³/mol. The van der Waals surface area contributed by atoms with Crippen molar-refractivity contribution in [2.24, 2.45) is 0 Å². The Labute approximate surface area is 186 Å². The van der Waals surface area contributed by atoms with E-state index < -0.39 is 10.0 Å². The van der Waals surface area contributed by atoms with Gasteiger partial charge in [-0.05, 0) is 49.9 Å². The van der Waals surface area contributed by atoms with E-state index in [1.807, 2.05) is 0 Å². The van der Waals surface area contributed by atoms with E-state index in [4.69, 9.17) is 9.26 Å². The fourth-order valence-electron chi connectivity index (χ4n) is 3.59. The van der Waals surface area contributed by atoms with Gasteiger partial charge in [0.15, 0.2) is 0 Å². The number of carbonyl (C=O) groups is 1. The molecule has 9 nitrogen and oxygen atoms in total. The van der Waals surface area contributed by atoms with E-state index in [1.165, 1.54) is 13.2 Å². The number of rotatable bonds is 6. The van der Waals surface area contributed by atoms with Crippen molar-refractivity contribution in [2.45, 2.75) is 31.1 Å². The molecule has 1 amide bonds. The van der Waals surface area contributed by atoms with E-state index in [1.54, 1.807) is 48.2 Å². The molecular weight excluding hydrogens is 432 g/mol. The Morgan fingerprint density at radius 3 is 2.66 bits per heavy atom. The van der Waals surface area contributed by atoms with Gasteiger partial charge in [-0.3, -0.25) is 9.52 Å². The highest BCUT2D eigenvalue weighted by Gasteiger charge is 2.25. The van der Waals surface area contributed by atoms with Gasteiger partial charge in [0.05, 0.1) is 17.7 Å². The lowest BCUT2D eigenvalue weighted by Crippen LogP contribution is -2.35. The molecule has 2 aromatic carbocycles. The van der Waals surface area contributed by atoms with Crippen molar-refractivity contribution in [3.8, 4) is 17.1 Å². The van der Waals surface area contributed by atoms with Crippen LogP contribution in [0, 0.1) is 6.92 Å². The van der Waals surface area contributed by atoms with E-state index in [9.17, 15) is 13.2 Å². The number of aryl methyl sites for hydroxylation is 1. The van der Waals surface area contributed by atoms with Crippen molar-refractivity contribution in [3.05, 3.63) is 53.9 Å². The van der Waals surface area contributed by atoms with Crippen LogP contribution in [0.25, 0.3) is 11.4 Å². The van der Waals surface area contributed by atoms with Gasteiger partial charge in [0, 0.05) is 24.7 Å². The summed E-state index contributed by atoms with van der Waals surface area (Å²) in [4.78, 5) is 18.6. The Kier molecular flexibility index (Phi) is 6.13. The Balaban J connectivity index is 1.60. The predicted octanol–water partition coefficient (Wildman–Crippen LogP) is 3.48. The van der Waals surface area contributed by atoms with E-state index in [2.05, 4.69) is 14.9 Å². The maximum atomic E-state index is 13.0. The molecule has 1 saturated heterocycles. The average molecular weight is 457 g/mol. The van der Waals surface area contributed by atoms with Gasteiger partial charge < -0.3 is 14.2 Å². The van der Waals surface area contributed by atoms with Gasteiger partial charge in [-0.15, -0.1) is 0 Å². The molecule has 1 aliphatic heterocycles. The van der Waals surface area contributed by atoms with Crippen molar-refractivity contribution < 1.29 is 22.5 Å². The number of aromatic nitrogens is 2. The second-order valence-corrected chi connectivity index (χ2v) is 9.24. The van der Waals surface area contributed by atoms with Gasteiger partial charge in [0.2, 0.25) is 5.82 Å². The van der Waals surface area contributed by atoms with Crippen LogP contribution in [-0.4, -0.2) is 49.6 Å². The highest BCUT2D eigenvalue weighted by atomic mass is 32.2. The standard InChI is InChI=1S/C22H24N4O5S/c1-15-9-10-16(20-23-21(31-24-20)22(27)26-11-4-3-5-12-26)13-19(15)32(28,29)25-17-7-6-8-18(14-17)30-2/h6-10,13-14,25H,3-5,11-12H2,1-2H3. The molecule has 0 spiro atoms. The summed E-state index contributed by atoms with van der Waals surface area (Å²) in [7, 11) is -2.38. The van der Waals surface area contributed by atoms with Gasteiger partial charge >= 0.3 is 11.8 Å². The fourth-order valence-corrected chi connectivity index (χ4v) is 4.91. The number of hydrogen-bond donors (Lipinski definition) is 1. The zero-order valence-corrected chi connectivity index (χ0v) is 18.7. The molecule has 4 rings (SSSR count). The Morgan fingerprint density at radius 1 is 1.12 bits per heavy atom. The molecule has 1 aromatic heterocycles. The van der Waals surface area contributed by atoms with Crippen LogP contribution < -0.4 is 9.46 Å². The van der Waals surface area contributed by atoms with Gasteiger partial charge in [0.25, 0.3) is 10.0 Å². The van der Waals surface area contributed by atoms with Crippen LogP contribution >= 0.6 is 0 Å². The number of nitrogens with one attached hydrogen (secondary N) is 1. The largest absolute Gasteiger partial charge is 0.497 e. The summed E-state index contributed by atoms with van der Waals surface area (Å²) in [5.41, 5.74) is 1.36. The van der Waals surface area contributed by atoms with Gasteiger partial charge in [-0.2, -0.15) is 4.98 Å². The zero-order valence-electron chi connectivity index (χ0n) is 17.9. The number of amides is 1. The van der Waals surface area contributed by atoms with Crippen LogP contribution in [0.5, 0.6) is 5.75 Å². The van der Waals surface area contributed by atoms with Crippen molar-refractivity contribution in [2.75, 3.05) is 24.9 Å². The lowest BCUT2D eigenvalue weighted by Gasteiger charge is -2.24. The molecule has 0 aliphatic carbocycles. The van der Waals surface area contributed by atoms with Crippen molar-refractivity contribution >= 4 is 21.6 Å². The minimum atomic E-state index is -3.89. The lowest BCUT2D eigenvalue weighted by molar-refractivity contribution is 0.0674. The summed E-state index contributed by atoms with van der Waals surface area (Å²) in [5, 5.41) is 3.90. The molecule has 2 heterocycles. The van der Waals surface area contributed by atoms with Gasteiger partial charge in [-0.25, -0.2) is 8.42 Å². The topological polar surface area (TPSA) is 115 Å². The molecule has 3 aromatic rings. The summed E-state index contributed by atoms with van der Waals surface area (Å²) in [5.74, 6) is 0.293. The minimum Gasteiger partial charge on any atom is -0.497 e. The fraction of sp³-hybridized carbons (Fsp3) is 0.318. The van der Waals surface area contributed by atoms with Crippen molar-refractivity contribution in [1.82, 2.24) is 15.0 Å². The molecule has 0 bridgehead atoms. The Hall–Kier alpha value is -3.40. The molecule has 0 radical (unpaired) electrons. The number of benzene rings is 2. The maximum absolute atomic E-state index is 13.0. The molecule has 0 saturated carbocycles. The van der Waals surface area contributed by atoms with Crippen LogP contribution in [0.2, 0.25) is 0 Å². The van der Waals surface area contributed by atoms with Crippen molar-refractivity contribution in [3.63, 3.8) is 0 Å². The molecule has 0 atom stereocenters. The summed E-state index contributed by atoms with van der Waals surface area (Å²) in [6, 6.07) is 11.5. The van der Waals surface area contributed by atoms with Crippen LogP contribution in [0.4, 0.5) is 5.69 Å². The lowest BCUT2D eigenvalue weighted by atomic mass is 10.1. The molecule has 1 N–H and O–H groups in total. The summed E-state index contributed by atoms with van der Waals surface area (Å²) in [6.07, 6.45) is 3.00. The second-order valence-electron chi connectivity index (χ2n) is 7.59. The normalized spacial score (nSPS) is 14.2. The number of methoxy groups -OCH3 is 1. The number of nitrogens with zero attached hydrogens (tertiary/aromatic N) is 3. The Bertz CT molecular complexity index is 1230. The van der Waals surface area contributed by atoms with E-state index in [0.717, 1.165) is 19.3 Å². The zero-order chi connectivity index (χ0) is 22.7. The first-order chi connectivity index (χ1) is 15.4. The second kappa shape index (κ2) is 8.99. The third-order valence-electron chi connectivity index (χ3n) is 5.31. The number of likely N-dealkylation sites (tertiary alicyclic amines) is 1. The average Bonchev–Trinajstić information content (AvgIpc) is 3.29. The molecular formula is C22H24N4O5S. The first-order valence-electron chi connectivity index (χ1n) is 10.3. The minimum absolute atomic E-state index is 0.0755. The van der Waals surface area contributed by atoms with Crippen molar-refractivity contribution in [1.29, 1.82) is 0 Å². The third kappa shape index (κ3) is 4.59. The molecule has 0 unspecified atom stereocenters. The summed E-state index contributed by atoms with van der Waals surface area (Å²) >= 11 is 0. The maximum Gasteiger partial charge on any atom is 0.316 e. The monoisotopic (exact) mass is 456 g/mol. The number of anilines is 1. The molecule has 32 heavy (non-hydrogen) atoms. The number of sulfonamides is 1. The van der Waals surface area contributed by atoms with Crippen LogP contribution in [0.1, 0.15) is 35.5 Å². The number of piperidine rings is 1. The number of ether oxygens (including phenoxy) is 1. The molecule has 1 aliphatic rings. The SMILES string of the molecule is COc1cccc(NS(=O)(=O)c2cc(-c3noc(C(=O)N4CCCCC4)n3)ccc2C)c1. The number of carbonyl (C=O) groups excluding carboxylic acids is 1. The van der Waals surface area contributed by atoms with E-state index in [0.29, 0.717) is 35.7 Å². The number of hydrogen-bond acceptors (Lipinski definition) is 7. The van der Waals surface area contributed by atoms with Crippen LogP contribution in [0.3, 0.4) is 0 Å². The Morgan fingerprint density at radius 2 is 1.91 bits per heavy atom. The molecule has 168 valence electrons. The van der Waals surface area contributed by atoms with Crippen LogP contribution in [-0.2, 0) is 10.0 Å². The van der Waals surface area contributed by atoms with Gasteiger partial charge in [-0.1, -0.05) is 23.4 Å². The summed E-state index contributed by atoms with van der Waals surface area (Å²) < 4.78 is 39.0. The molecule has 10 heteroatoms.